The van der Waals surface area contributed by atoms with E-state index in [-0.39, 0.29) is 0 Å². The molecule has 0 amide bonds. The Balaban J connectivity index is 1.32. The number of aryl methyl sites for hydroxylation is 2. The zero-order chi connectivity index (χ0) is 18.5. The van der Waals surface area contributed by atoms with E-state index in [9.17, 15) is 0 Å². The highest BCUT2D eigenvalue weighted by Gasteiger charge is 2.25. The van der Waals surface area contributed by atoms with E-state index in [4.69, 9.17) is 9.97 Å². The summed E-state index contributed by atoms with van der Waals surface area (Å²) in [4.78, 5) is 14.1. The Kier molecular flexibility index (Phi) is 3.55. The quantitative estimate of drug-likeness (QED) is 0.499. The van der Waals surface area contributed by atoms with Crippen molar-refractivity contribution in [3.05, 3.63) is 88.9 Å². The van der Waals surface area contributed by atoms with Crippen molar-refractivity contribution in [2.75, 3.05) is 0 Å². The molecule has 0 spiro atoms. The first kappa shape index (κ1) is 15.9. The number of rotatable bonds is 2. The van der Waals surface area contributed by atoms with Crippen LogP contribution in [0.5, 0.6) is 0 Å². The molecule has 0 saturated heterocycles. The van der Waals surface area contributed by atoms with Crippen LogP contribution in [-0.4, -0.2) is 15.0 Å². The van der Waals surface area contributed by atoms with E-state index in [1.165, 1.54) is 40.8 Å². The van der Waals surface area contributed by atoms with Gasteiger partial charge in [-0.15, -0.1) is 0 Å². The first-order valence-corrected chi connectivity index (χ1v) is 10.2. The summed E-state index contributed by atoms with van der Waals surface area (Å²) in [5, 5.41) is 1.08. The van der Waals surface area contributed by atoms with Gasteiger partial charge in [0.2, 0.25) is 0 Å². The van der Waals surface area contributed by atoms with E-state index >= 15 is 0 Å². The van der Waals surface area contributed by atoms with Crippen molar-refractivity contribution in [2.24, 2.45) is 0 Å². The number of hydrogen-bond acceptors (Lipinski definition) is 3. The van der Waals surface area contributed by atoms with Gasteiger partial charge < -0.3 is 0 Å². The first-order chi connectivity index (χ1) is 13.8. The van der Waals surface area contributed by atoms with Gasteiger partial charge in [-0.05, 0) is 72.4 Å². The van der Waals surface area contributed by atoms with E-state index in [1.807, 2.05) is 24.4 Å². The van der Waals surface area contributed by atoms with Gasteiger partial charge >= 0.3 is 0 Å². The monoisotopic (exact) mass is 363 g/mol. The average Bonchev–Trinajstić information content (AvgIpc) is 3.39. The average molecular weight is 363 g/mol. The summed E-state index contributed by atoms with van der Waals surface area (Å²) in [6, 6.07) is 17.3. The van der Waals surface area contributed by atoms with E-state index in [0.29, 0.717) is 5.92 Å². The number of hydrogen-bond donors (Lipinski definition) is 0. The fourth-order valence-corrected chi connectivity index (χ4v) is 4.77. The fraction of sp³-hybridized carbons (Fsp3) is 0.240. The molecule has 0 N–H and O–H groups in total. The molecule has 2 aliphatic carbocycles. The molecule has 0 aliphatic heterocycles. The van der Waals surface area contributed by atoms with Crippen molar-refractivity contribution in [3.8, 4) is 11.4 Å². The van der Waals surface area contributed by atoms with Crippen LogP contribution in [0.4, 0.5) is 0 Å². The van der Waals surface area contributed by atoms with Crippen LogP contribution in [0.15, 0.2) is 60.9 Å². The molecule has 0 fully saturated rings. The molecule has 0 radical (unpaired) electrons. The highest BCUT2D eigenvalue weighted by Crippen LogP contribution is 2.36. The second kappa shape index (κ2) is 6.23. The lowest BCUT2D eigenvalue weighted by molar-refractivity contribution is 0.735. The third kappa shape index (κ3) is 2.62. The Morgan fingerprint density at radius 3 is 2.71 bits per heavy atom. The molecule has 1 unspecified atom stereocenters. The Labute approximate surface area is 164 Å². The van der Waals surface area contributed by atoms with Gasteiger partial charge in [-0.3, -0.25) is 4.98 Å². The standard InChI is InChI=1S/C25H21N3/c1-2-6-24-19(4-1)14-27-25(28-24)18-9-8-16-10-21(13-20(16)12-18)22-11-17-5-3-7-23(17)26-15-22/h1-2,4,6,8-9,11-12,14-15,21H,3,5,7,10,13H2. The Morgan fingerprint density at radius 2 is 1.71 bits per heavy atom. The predicted octanol–water partition coefficient (Wildman–Crippen LogP) is 5.06. The van der Waals surface area contributed by atoms with E-state index in [1.54, 1.807) is 0 Å². The van der Waals surface area contributed by atoms with Gasteiger partial charge in [-0.1, -0.05) is 36.4 Å². The Morgan fingerprint density at radius 1 is 0.786 bits per heavy atom. The predicted molar refractivity (Wildman–Crippen MR) is 111 cm³/mol. The zero-order valence-electron chi connectivity index (χ0n) is 15.7. The van der Waals surface area contributed by atoms with E-state index < -0.39 is 0 Å². The van der Waals surface area contributed by atoms with Crippen LogP contribution in [0.3, 0.4) is 0 Å². The van der Waals surface area contributed by atoms with Crippen LogP contribution in [-0.2, 0) is 25.7 Å². The molecular formula is C25H21N3. The molecule has 3 nitrogen and oxygen atoms in total. The number of aromatic nitrogens is 3. The van der Waals surface area contributed by atoms with Crippen LogP contribution in [0.2, 0.25) is 0 Å². The van der Waals surface area contributed by atoms with E-state index in [2.05, 4.69) is 41.5 Å². The van der Waals surface area contributed by atoms with Gasteiger partial charge in [-0.25, -0.2) is 9.97 Å². The molecule has 2 aromatic carbocycles. The summed E-state index contributed by atoms with van der Waals surface area (Å²) in [7, 11) is 0. The van der Waals surface area contributed by atoms with Crippen LogP contribution in [0.25, 0.3) is 22.3 Å². The van der Waals surface area contributed by atoms with Gasteiger partial charge in [-0.2, -0.15) is 0 Å². The van der Waals surface area contributed by atoms with Gasteiger partial charge in [0.15, 0.2) is 5.82 Å². The molecule has 2 aromatic heterocycles. The zero-order valence-corrected chi connectivity index (χ0v) is 15.7. The summed E-state index contributed by atoms with van der Waals surface area (Å²) in [6.45, 7) is 0. The second-order valence-electron chi connectivity index (χ2n) is 8.07. The van der Waals surface area contributed by atoms with Crippen molar-refractivity contribution in [1.29, 1.82) is 0 Å². The lowest BCUT2D eigenvalue weighted by Crippen LogP contribution is -2.01. The summed E-state index contributed by atoms with van der Waals surface area (Å²) < 4.78 is 0. The number of fused-ring (bicyclic) bond motifs is 3. The van der Waals surface area contributed by atoms with Crippen molar-refractivity contribution < 1.29 is 0 Å². The number of benzene rings is 2. The summed E-state index contributed by atoms with van der Waals surface area (Å²) in [5.41, 5.74) is 9.18. The van der Waals surface area contributed by atoms with Crippen molar-refractivity contribution in [2.45, 2.75) is 38.0 Å². The van der Waals surface area contributed by atoms with Crippen LogP contribution < -0.4 is 0 Å². The number of pyridine rings is 1. The molecule has 28 heavy (non-hydrogen) atoms. The SMILES string of the molecule is c1ccc2nc(-c3ccc4c(c3)CC(c3cnc5c(c3)CCC5)C4)ncc2c1. The maximum atomic E-state index is 4.77. The largest absolute Gasteiger partial charge is 0.261 e. The molecule has 3 heteroatoms. The molecule has 2 aliphatic rings. The minimum atomic E-state index is 0.543. The van der Waals surface area contributed by atoms with Gasteiger partial charge in [0.05, 0.1) is 5.52 Å². The lowest BCUT2D eigenvalue weighted by Gasteiger charge is -2.10. The normalized spacial score (nSPS) is 17.6. The van der Waals surface area contributed by atoms with E-state index in [0.717, 1.165) is 41.6 Å². The lowest BCUT2D eigenvalue weighted by atomic mass is 9.96. The second-order valence-corrected chi connectivity index (χ2v) is 8.07. The van der Waals surface area contributed by atoms with Crippen molar-refractivity contribution >= 4 is 10.9 Å². The first-order valence-electron chi connectivity index (χ1n) is 10.2. The maximum absolute atomic E-state index is 4.77. The number of para-hydroxylation sites is 1. The molecule has 2 heterocycles. The minimum absolute atomic E-state index is 0.543. The summed E-state index contributed by atoms with van der Waals surface area (Å²) >= 11 is 0. The third-order valence-electron chi connectivity index (χ3n) is 6.30. The number of nitrogens with zero attached hydrogens (tertiary/aromatic N) is 3. The highest BCUT2D eigenvalue weighted by atomic mass is 14.9. The Bertz CT molecular complexity index is 1210. The summed E-state index contributed by atoms with van der Waals surface area (Å²) in [5.74, 6) is 1.35. The maximum Gasteiger partial charge on any atom is 0.159 e. The van der Waals surface area contributed by atoms with Gasteiger partial charge in [0, 0.05) is 29.0 Å². The molecule has 0 saturated carbocycles. The summed E-state index contributed by atoms with van der Waals surface area (Å²) in [6.07, 6.45) is 9.82. The third-order valence-corrected chi connectivity index (χ3v) is 6.30. The van der Waals surface area contributed by atoms with Crippen molar-refractivity contribution in [3.63, 3.8) is 0 Å². The molecule has 1 atom stereocenters. The minimum Gasteiger partial charge on any atom is -0.261 e. The highest BCUT2D eigenvalue weighted by molar-refractivity contribution is 5.79. The van der Waals surface area contributed by atoms with Crippen LogP contribution in [0, 0.1) is 0 Å². The Hall–Kier alpha value is -3.07. The fourth-order valence-electron chi connectivity index (χ4n) is 4.77. The smallest absolute Gasteiger partial charge is 0.159 e. The van der Waals surface area contributed by atoms with Gasteiger partial charge in [0.25, 0.3) is 0 Å². The molecule has 6 rings (SSSR count). The molecular weight excluding hydrogens is 342 g/mol. The molecule has 4 aromatic rings. The van der Waals surface area contributed by atoms with Crippen molar-refractivity contribution in [1.82, 2.24) is 15.0 Å². The molecule has 136 valence electrons. The van der Waals surface area contributed by atoms with Crippen LogP contribution in [0.1, 0.15) is 40.3 Å². The topological polar surface area (TPSA) is 38.7 Å². The molecule has 0 bridgehead atoms. The van der Waals surface area contributed by atoms with Crippen LogP contribution >= 0.6 is 0 Å². The van der Waals surface area contributed by atoms with Gasteiger partial charge in [0.1, 0.15) is 0 Å².